The molecule has 4 aromatic rings. The summed E-state index contributed by atoms with van der Waals surface area (Å²) in [6.45, 7) is 9.85. The summed E-state index contributed by atoms with van der Waals surface area (Å²) in [4.78, 5) is 31.5. The van der Waals surface area contributed by atoms with E-state index in [-0.39, 0.29) is 40.0 Å². The Bertz CT molecular complexity index is 1790. The lowest BCUT2D eigenvalue weighted by Crippen LogP contribution is -2.57. The van der Waals surface area contributed by atoms with Crippen LogP contribution in [-0.2, 0) is 4.74 Å². The van der Waals surface area contributed by atoms with E-state index < -0.39 is 11.4 Å². The molecule has 3 aromatic carbocycles. The SMILES string of the molecule is CN1CCN(c2nc(N3CC4CCC(C3)N4C(=O)OC(C)(C)C)c3cc(Cl)c(-c4cc(O)cc5ccccc45)c(F)c3n2)CC1. The van der Waals surface area contributed by atoms with Crippen molar-refractivity contribution in [1.82, 2.24) is 19.8 Å². The van der Waals surface area contributed by atoms with Crippen LogP contribution in [0.3, 0.4) is 0 Å². The molecule has 11 heteroatoms. The monoisotopic (exact) mass is 632 g/mol. The van der Waals surface area contributed by atoms with Gasteiger partial charge in [0.2, 0.25) is 5.95 Å². The Balaban J connectivity index is 1.36. The zero-order chi connectivity index (χ0) is 31.6. The predicted octanol–water partition coefficient (Wildman–Crippen LogP) is 6.29. The number of phenolic OH excluding ortho intramolecular Hbond substituents is 1. The summed E-state index contributed by atoms with van der Waals surface area (Å²) in [6.07, 6.45) is 1.43. The summed E-state index contributed by atoms with van der Waals surface area (Å²) in [5, 5.41) is 12.8. The molecule has 2 unspecified atom stereocenters. The van der Waals surface area contributed by atoms with Gasteiger partial charge < -0.3 is 24.5 Å². The number of likely N-dealkylation sites (N-methyl/N-ethyl adjacent to an activating group) is 1. The first-order chi connectivity index (χ1) is 21.5. The number of anilines is 2. The van der Waals surface area contributed by atoms with Gasteiger partial charge in [0.1, 0.15) is 22.7 Å². The molecule has 2 bridgehead atoms. The van der Waals surface area contributed by atoms with E-state index in [9.17, 15) is 9.90 Å². The van der Waals surface area contributed by atoms with Gasteiger partial charge in [-0.05, 0) is 75.2 Å². The molecule has 3 fully saturated rings. The number of carbonyl (C=O) groups is 1. The molecule has 1 amide bonds. The number of phenols is 1. The Hall–Kier alpha value is -3.89. The molecular weight excluding hydrogens is 595 g/mol. The van der Waals surface area contributed by atoms with Crippen LogP contribution in [0, 0.1) is 5.82 Å². The van der Waals surface area contributed by atoms with Gasteiger partial charge in [0, 0.05) is 50.2 Å². The summed E-state index contributed by atoms with van der Waals surface area (Å²) in [5.74, 6) is 0.560. The number of fused-ring (bicyclic) bond motifs is 4. The van der Waals surface area contributed by atoms with Gasteiger partial charge in [-0.25, -0.2) is 14.2 Å². The average Bonchev–Trinajstić information content (AvgIpc) is 3.26. The summed E-state index contributed by atoms with van der Waals surface area (Å²) in [5.41, 5.74) is 0.295. The van der Waals surface area contributed by atoms with Gasteiger partial charge in [-0.15, -0.1) is 0 Å². The number of amides is 1. The molecule has 45 heavy (non-hydrogen) atoms. The van der Waals surface area contributed by atoms with E-state index in [1.165, 1.54) is 0 Å². The summed E-state index contributed by atoms with van der Waals surface area (Å²) in [6, 6.07) is 12.4. The van der Waals surface area contributed by atoms with Crippen molar-refractivity contribution in [3.63, 3.8) is 0 Å². The van der Waals surface area contributed by atoms with Crippen LogP contribution in [0.1, 0.15) is 33.6 Å². The molecular formula is C34H38ClFN6O3. The number of piperazine rings is 2. The zero-order valence-electron chi connectivity index (χ0n) is 26.1. The molecule has 3 aliphatic rings. The van der Waals surface area contributed by atoms with Crippen LogP contribution in [0.25, 0.3) is 32.8 Å². The van der Waals surface area contributed by atoms with E-state index in [4.69, 9.17) is 26.3 Å². The molecule has 2 atom stereocenters. The fourth-order valence-corrected chi connectivity index (χ4v) is 7.29. The quantitative estimate of drug-likeness (QED) is 0.282. The van der Waals surface area contributed by atoms with Crippen molar-refractivity contribution < 1.29 is 19.0 Å². The van der Waals surface area contributed by atoms with Crippen LogP contribution in [0.4, 0.5) is 21.0 Å². The number of ether oxygens (including phenoxy) is 1. The minimum Gasteiger partial charge on any atom is -0.508 e. The highest BCUT2D eigenvalue weighted by Crippen LogP contribution is 2.43. The molecule has 0 radical (unpaired) electrons. The lowest BCUT2D eigenvalue weighted by atomic mass is 9.96. The van der Waals surface area contributed by atoms with Gasteiger partial charge in [-0.3, -0.25) is 4.90 Å². The Morgan fingerprint density at radius 3 is 2.36 bits per heavy atom. The molecule has 236 valence electrons. The maximum absolute atomic E-state index is 17.0. The van der Waals surface area contributed by atoms with Gasteiger partial charge in [0.25, 0.3) is 0 Å². The minimum atomic E-state index is -0.583. The van der Waals surface area contributed by atoms with E-state index >= 15 is 4.39 Å². The van der Waals surface area contributed by atoms with E-state index in [1.807, 2.05) is 49.9 Å². The molecule has 4 heterocycles. The first-order valence-electron chi connectivity index (χ1n) is 15.6. The molecule has 0 saturated carbocycles. The fraction of sp³-hybridized carbons (Fsp3) is 0.441. The Labute approximate surface area is 267 Å². The van der Waals surface area contributed by atoms with Crippen LogP contribution in [0.5, 0.6) is 5.75 Å². The van der Waals surface area contributed by atoms with Gasteiger partial charge >= 0.3 is 6.09 Å². The van der Waals surface area contributed by atoms with Crippen LogP contribution in [0.2, 0.25) is 5.02 Å². The van der Waals surface area contributed by atoms with Crippen molar-refractivity contribution in [2.45, 2.75) is 51.3 Å². The van der Waals surface area contributed by atoms with Crippen molar-refractivity contribution in [2.75, 3.05) is 56.1 Å². The number of nitrogens with zero attached hydrogens (tertiary/aromatic N) is 6. The molecule has 9 nitrogen and oxygen atoms in total. The van der Waals surface area contributed by atoms with Gasteiger partial charge in [0.05, 0.1) is 17.1 Å². The number of rotatable bonds is 3. The van der Waals surface area contributed by atoms with Gasteiger partial charge in [-0.2, -0.15) is 4.98 Å². The van der Waals surface area contributed by atoms with E-state index in [2.05, 4.69) is 21.7 Å². The second kappa shape index (κ2) is 11.2. The number of aromatic hydroxyl groups is 1. The summed E-state index contributed by atoms with van der Waals surface area (Å²) in [7, 11) is 2.08. The highest BCUT2D eigenvalue weighted by molar-refractivity contribution is 6.35. The van der Waals surface area contributed by atoms with Crippen LogP contribution in [-0.4, -0.2) is 95.0 Å². The van der Waals surface area contributed by atoms with E-state index in [1.54, 1.807) is 18.2 Å². The zero-order valence-corrected chi connectivity index (χ0v) is 26.8. The van der Waals surface area contributed by atoms with Crippen molar-refractivity contribution in [3.8, 4) is 16.9 Å². The first-order valence-corrected chi connectivity index (χ1v) is 16.0. The fourth-order valence-electron chi connectivity index (χ4n) is 6.99. The maximum atomic E-state index is 17.0. The third-order valence-corrected chi connectivity index (χ3v) is 9.44. The topological polar surface area (TPSA) is 85.3 Å². The molecule has 0 aliphatic carbocycles. The van der Waals surface area contributed by atoms with Crippen LogP contribution < -0.4 is 9.80 Å². The first kappa shape index (κ1) is 29.8. The molecule has 0 spiro atoms. The van der Waals surface area contributed by atoms with Crippen LogP contribution >= 0.6 is 11.6 Å². The van der Waals surface area contributed by atoms with Crippen molar-refractivity contribution in [2.24, 2.45) is 0 Å². The lowest BCUT2D eigenvalue weighted by molar-refractivity contribution is 0.0123. The number of aromatic nitrogens is 2. The van der Waals surface area contributed by atoms with E-state index in [0.29, 0.717) is 35.8 Å². The smallest absolute Gasteiger partial charge is 0.410 e. The molecule has 1 N–H and O–H groups in total. The maximum Gasteiger partial charge on any atom is 0.410 e. The number of hydrogen-bond donors (Lipinski definition) is 1. The summed E-state index contributed by atoms with van der Waals surface area (Å²) < 4.78 is 22.7. The van der Waals surface area contributed by atoms with Gasteiger partial charge in [0.15, 0.2) is 5.82 Å². The minimum absolute atomic E-state index is 0.0269. The Kier molecular flexibility index (Phi) is 7.40. The predicted molar refractivity (Wildman–Crippen MR) is 176 cm³/mol. The number of hydrogen-bond acceptors (Lipinski definition) is 8. The number of benzene rings is 3. The number of carbonyl (C=O) groups excluding carboxylic acids is 1. The van der Waals surface area contributed by atoms with Crippen molar-refractivity contribution in [1.29, 1.82) is 0 Å². The van der Waals surface area contributed by atoms with E-state index in [0.717, 1.165) is 49.8 Å². The third kappa shape index (κ3) is 5.48. The second-order valence-corrected chi connectivity index (χ2v) is 13.9. The van der Waals surface area contributed by atoms with Crippen molar-refractivity contribution >= 4 is 51.1 Å². The lowest BCUT2D eigenvalue weighted by Gasteiger charge is -2.42. The molecule has 1 aromatic heterocycles. The number of halogens is 2. The second-order valence-electron chi connectivity index (χ2n) is 13.5. The Morgan fingerprint density at radius 1 is 0.978 bits per heavy atom. The molecule has 3 saturated heterocycles. The molecule has 7 rings (SSSR count). The average molecular weight is 633 g/mol. The standard InChI is InChI=1S/C34H38ClFN6O3/c1-34(2,3)45-33(44)42-21-9-10-22(42)19-41(18-21)31-26-17-27(35)28(25-16-23(43)15-20-7-5-6-8-24(20)25)29(36)30(26)37-32(38-31)40-13-11-39(4)12-14-40/h5-8,15-17,21-22,43H,9-14,18-19H2,1-4H3. The third-order valence-electron chi connectivity index (χ3n) is 9.14. The molecule has 3 aliphatic heterocycles. The normalized spacial score (nSPS) is 20.8. The highest BCUT2D eigenvalue weighted by atomic mass is 35.5. The summed E-state index contributed by atoms with van der Waals surface area (Å²) >= 11 is 6.93. The Morgan fingerprint density at radius 2 is 1.67 bits per heavy atom. The largest absolute Gasteiger partial charge is 0.508 e. The van der Waals surface area contributed by atoms with Crippen molar-refractivity contribution in [3.05, 3.63) is 53.3 Å². The highest BCUT2D eigenvalue weighted by Gasteiger charge is 2.45. The van der Waals surface area contributed by atoms with Crippen LogP contribution in [0.15, 0.2) is 42.5 Å². The van der Waals surface area contributed by atoms with Gasteiger partial charge in [-0.1, -0.05) is 35.9 Å².